The minimum atomic E-state index is -0.265. The number of amides is 1. The Hall–Kier alpha value is -1.64. The quantitative estimate of drug-likeness (QED) is 0.685. The van der Waals surface area contributed by atoms with E-state index in [1.807, 2.05) is 18.7 Å². The number of hydrogen-bond donors (Lipinski definition) is 1. The first-order chi connectivity index (χ1) is 13.5. The summed E-state index contributed by atoms with van der Waals surface area (Å²) in [7, 11) is 0. The average Bonchev–Trinajstić information content (AvgIpc) is 2.96. The van der Waals surface area contributed by atoms with Gasteiger partial charge in [0.1, 0.15) is 6.54 Å². The summed E-state index contributed by atoms with van der Waals surface area (Å²) in [5, 5.41) is 7.84. The Morgan fingerprint density at radius 3 is 2.62 bits per heavy atom. The summed E-state index contributed by atoms with van der Waals surface area (Å²) in [5.41, 5.74) is 3.10. The van der Waals surface area contributed by atoms with Gasteiger partial charge < -0.3 is 15.0 Å². The van der Waals surface area contributed by atoms with Gasteiger partial charge >= 0.3 is 5.97 Å². The first-order valence-electron chi connectivity index (χ1n) is 10.4. The van der Waals surface area contributed by atoms with E-state index in [0.29, 0.717) is 12.5 Å². The van der Waals surface area contributed by atoms with Crippen molar-refractivity contribution in [2.75, 3.05) is 45.9 Å². The van der Waals surface area contributed by atoms with E-state index in [2.05, 4.69) is 15.3 Å². The maximum atomic E-state index is 12.9. The zero-order chi connectivity index (χ0) is 20.1. The van der Waals surface area contributed by atoms with Crippen LogP contribution in [-0.2, 0) is 27.4 Å². The number of aryl methyl sites for hydroxylation is 1. The maximum absolute atomic E-state index is 12.9. The number of halogens is 1. The first-order valence-corrected chi connectivity index (χ1v) is 10.4. The minimum absolute atomic E-state index is 0. The highest BCUT2D eigenvalue weighted by Gasteiger charge is 2.30. The van der Waals surface area contributed by atoms with Crippen LogP contribution >= 0.6 is 12.4 Å². The molecule has 0 aromatic carbocycles. The van der Waals surface area contributed by atoms with Gasteiger partial charge in [-0.05, 0) is 40.2 Å². The van der Waals surface area contributed by atoms with Crippen LogP contribution < -0.4 is 5.32 Å². The van der Waals surface area contributed by atoms with Gasteiger partial charge in [-0.3, -0.25) is 19.2 Å². The first kappa shape index (κ1) is 23.6. The Kier molecular flexibility index (Phi) is 8.92. The number of ether oxygens (including phenoxy) is 1. The fourth-order valence-electron chi connectivity index (χ4n) is 4.21. The number of carbonyl (C=O) groups excluding carboxylic acids is 2. The van der Waals surface area contributed by atoms with Crippen molar-refractivity contribution in [3.63, 3.8) is 0 Å². The van der Waals surface area contributed by atoms with Crippen molar-refractivity contribution in [3.8, 4) is 0 Å². The van der Waals surface area contributed by atoms with Crippen molar-refractivity contribution in [1.29, 1.82) is 0 Å². The largest absolute Gasteiger partial charge is 0.465 e. The molecule has 29 heavy (non-hydrogen) atoms. The van der Waals surface area contributed by atoms with E-state index in [1.165, 1.54) is 0 Å². The molecule has 1 aromatic heterocycles. The molecule has 0 radical (unpaired) electrons. The fraction of sp³-hybridized carbons (Fsp3) is 0.750. The van der Waals surface area contributed by atoms with Gasteiger partial charge in [0, 0.05) is 50.5 Å². The van der Waals surface area contributed by atoms with Crippen molar-refractivity contribution >= 4 is 24.3 Å². The van der Waals surface area contributed by atoms with E-state index >= 15 is 0 Å². The Bertz CT molecular complexity index is 703. The van der Waals surface area contributed by atoms with Gasteiger partial charge in [-0.15, -0.1) is 12.4 Å². The number of piperidine rings is 1. The number of rotatable bonds is 6. The molecule has 1 unspecified atom stereocenters. The second-order valence-electron chi connectivity index (χ2n) is 7.76. The summed E-state index contributed by atoms with van der Waals surface area (Å²) in [5.74, 6) is 0.124. The Balaban J connectivity index is 0.00000300. The van der Waals surface area contributed by atoms with Crippen LogP contribution in [-0.4, -0.2) is 77.3 Å². The van der Waals surface area contributed by atoms with Gasteiger partial charge in [0.25, 0.3) is 0 Å². The predicted molar refractivity (Wildman–Crippen MR) is 113 cm³/mol. The van der Waals surface area contributed by atoms with Gasteiger partial charge in [-0.1, -0.05) is 0 Å². The topological polar surface area (TPSA) is 79.7 Å². The third kappa shape index (κ3) is 5.93. The van der Waals surface area contributed by atoms with E-state index in [4.69, 9.17) is 4.74 Å². The standard InChI is InChI=1S/C20H33N5O3.ClH/c1-4-28-19(26)14-25-16(3)18(15(2)22-25)13-23-9-5-6-17(12-23)20(27)24-10-7-21-8-11-24;/h17,21H,4-14H2,1-3H3;1H. The summed E-state index contributed by atoms with van der Waals surface area (Å²) < 4.78 is 6.77. The molecular weight excluding hydrogens is 394 g/mol. The number of nitrogens with zero attached hydrogens (tertiary/aromatic N) is 4. The molecule has 1 amide bonds. The lowest BCUT2D eigenvalue weighted by Crippen LogP contribution is -2.51. The molecule has 1 N–H and O–H groups in total. The molecule has 9 heteroatoms. The lowest BCUT2D eigenvalue weighted by molar-refractivity contribution is -0.144. The van der Waals surface area contributed by atoms with Gasteiger partial charge in [0.2, 0.25) is 5.91 Å². The highest BCUT2D eigenvalue weighted by atomic mass is 35.5. The molecular formula is C20H34ClN5O3. The van der Waals surface area contributed by atoms with Crippen LogP contribution in [0.5, 0.6) is 0 Å². The molecule has 3 heterocycles. The molecule has 0 bridgehead atoms. The average molecular weight is 428 g/mol. The van der Waals surface area contributed by atoms with Crippen molar-refractivity contribution < 1.29 is 14.3 Å². The van der Waals surface area contributed by atoms with Gasteiger partial charge in [0.05, 0.1) is 18.2 Å². The molecule has 2 fully saturated rings. The summed E-state index contributed by atoms with van der Waals surface area (Å²) >= 11 is 0. The van der Waals surface area contributed by atoms with Crippen molar-refractivity contribution in [1.82, 2.24) is 24.9 Å². The zero-order valence-corrected chi connectivity index (χ0v) is 18.6. The molecule has 0 saturated carbocycles. The molecule has 1 atom stereocenters. The molecule has 164 valence electrons. The van der Waals surface area contributed by atoms with E-state index in [0.717, 1.165) is 75.6 Å². The van der Waals surface area contributed by atoms with Crippen LogP contribution in [0, 0.1) is 19.8 Å². The second-order valence-corrected chi connectivity index (χ2v) is 7.76. The van der Waals surface area contributed by atoms with Gasteiger partial charge in [-0.25, -0.2) is 0 Å². The molecule has 0 aliphatic carbocycles. The number of aromatic nitrogens is 2. The predicted octanol–water partition coefficient (Wildman–Crippen LogP) is 1.13. The molecule has 0 spiro atoms. The summed E-state index contributed by atoms with van der Waals surface area (Å²) in [4.78, 5) is 29.1. The molecule has 2 saturated heterocycles. The Morgan fingerprint density at radius 2 is 1.93 bits per heavy atom. The van der Waals surface area contributed by atoms with E-state index in [9.17, 15) is 9.59 Å². The van der Waals surface area contributed by atoms with E-state index in [1.54, 1.807) is 11.6 Å². The number of likely N-dealkylation sites (tertiary alicyclic amines) is 1. The second kappa shape index (κ2) is 10.9. The van der Waals surface area contributed by atoms with Crippen molar-refractivity contribution in [2.45, 2.75) is 46.7 Å². The van der Waals surface area contributed by atoms with Crippen LogP contribution in [0.4, 0.5) is 0 Å². The summed E-state index contributed by atoms with van der Waals surface area (Å²) in [6, 6.07) is 0. The zero-order valence-electron chi connectivity index (χ0n) is 17.8. The van der Waals surface area contributed by atoms with Crippen LogP contribution in [0.1, 0.15) is 36.7 Å². The van der Waals surface area contributed by atoms with Crippen molar-refractivity contribution in [2.24, 2.45) is 5.92 Å². The number of hydrogen-bond acceptors (Lipinski definition) is 6. The normalized spacial score (nSPS) is 20.2. The van der Waals surface area contributed by atoms with Crippen LogP contribution in [0.3, 0.4) is 0 Å². The van der Waals surface area contributed by atoms with E-state index < -0.39 is 0 Å². The summed E-state index contributed by atoms with van der Waals surface area (Å²) in [6.07, 6.45) is 2.01. The number of esters is 1. The van der Waals surface area contributed by atoms with Crippen LogP contribution in [0.15, 0.2) is 0 Å². The Morgan fingerprint density at radius 1 is 1.21 bits per heavy atom. The minimum Gasteiger partial charge on any atom is -0.465 e. The SMILES string of the molecule is CCOC(=O)Cn1nc(C)c(CN2CCCC(C(=O)N3CCNCC3)C2)c1C.Cl. The monoisotopic (exact) mass is 427 g/mol. The van der Waals surface area contributed by atoms with Crippen LogP contribution in [0.2, 0.25) is 0 Å². The van der Waals surface area contributed by atoms with Gasteiger partial charge in [0.15, 0.2) is 0 Å². The van der Waals surface area contributed by atoms with Crippen LogP contribution in [0.25, 0.3) is 0 Å². The smallest absolute Gasteiger partial charge is 0.327 e. The number of piperazine rings is 1. The molecule has 3 rings (SSSR count). The number of carbonyl (C=O) groups is 2. The highest BCUT2D eigenvalue weighted by molar-refractivity contribution is 5.85. The molecule has 2 aliphatic heterocycles. The fourth-order valence-corrected chi connectivity index (χ4v) is 4.21. The van der Waals surface area contributed by atoms with Gasteiger partial charge in [-0.2, -0.15) is 5.10 Å². The highest BCUT2D eigenvalue weighted by Crippen LogP contribution is 2.23. The maximum Gasteiger partial charge on any atom is 0.327 e. The Labute approximate surface area is 179 Å². The van der Waals surface area contributed by atoms with Crippen molar-refractivity contribution in [3.05, 3.63) is 17.0 Å². The molecule has 1 aromatic rings. The number of nitrogens with one attached hydrogen (secondary N) is 1. The third-order valence-electron chi connectivity index (χ3n) is 5.78. The lowest BCUT2D eigenvalue weighted by atomic mass is 9.95. The molecule has 2 aliphatic rings. The van der Waals surface area contributed by atoms with E-state index in [-0.39, 0.29) is 30.8 Å². The molecule has 8 nitrogen and oxygen atoms in total. The lowest BCUT2D eigenvalue weighted by Gasteiger charge is -2.36. The third-order valence-corrected chi connectivity index (χ3v) is 5.78. The summed E-state index contributed by atoms with van der Waals surface area (Å²) in [6.45, 7) is 12.3.